The highest BCUT2D eigenvalue weighted by atomic mass is 16.2. The summed E-state index contributed by atoms with van der Waals surface area (Å²) in [7, 11) is 0. The maximum Gasteiger partial charge on any atom is 0.258 e. The molecule has 4 rings (SSSR count). The van der Waals surface area contributed by atoms with Crippen LogP contribution in [0.2, 0.25) is 0 Å². The SMILES string of the molecule is CCC1CCCCN1c1nc2c(c(=O)[nH]1)C(C(=O)Nc1ccccc1C)CC(=O)N2. The molecule has 0 radical (unpaired) electrons. The molecular weight excluding hydrogens is 382 g/mol. The van der Waals surface area contributed by atoms with E-state index in [1.54, 1.807) is 6.07 Å². The fraction of sp³-hybridized carbons (Fsp3) is 0.455. The van der Waals surface area contributed by atoms with Crippen LogP contribution in [0.3, 0.4) is 0 Å². The van der Waals surface area contributed by atoms with Gasteiger partial charge in [-0.3, -0.25) is 19.4 Å². The molecule has 8 nitrogen and oxygen atoms in total. The van der Waals surface area contributed by atoms with Crippen molar-refractivity contribution in [1.29, 1.82) is 0 Å². The number of H-pyrrole nitrogens is 1. The zero-order valence-electron chi connectivity index (χ0n) is 17.3. The van der Waals surface area contributed by atoms with Gasteiger partial charge in [-0.1, -0.05) is 25.1 Å². The van der Waals surface area contributed by atoms with Crippen molar-refractivity contribution in [2.45, 2.75) is 57.9 Å². The maximum atomic E-state index is 13.0. The summed E-state index contributed by atoms with van der Waals surface area (Å²) in [6.07, 6.45) is 4.10. The Bertz CT molecular complexity index is 1030. The van der Waals surface area contributed by atoms with Gasteiger partial charge in [-0.2, -0.15) is 4.98 Å². The van der Waals surface area contributed by atoms with Gasteiger partial charge >= 0.3 is 0 Å². The van der Waals surface area contributed by atoms with E-state index in [2.05, 4.69) is 32.4 Å². The molecular formula is C22H27N5O3. The normalized spacial score (nSPS) is 21.0. The van der Waals surface area contributed by atoms with E-state index in [4.69, 9.17) is 0 Å². The number of fused-ring (bicyclic) bond motifs is 1. The molecule has 1 saturated heterocycles. The third-order valence-corrected chi connectivity index (χ3v) is 6.03. The molecule has 1 aromatic carbocycles. The predicted molar refractivity (Wildman–Crippen MR) is 116 cm³/mol. The highest BCUT2D eigenvalue weighted by molar-refractivity contribution is 6.04. The molecule has 1 aromatic heterocycles. The quantitative estimate of drug-likeness (QED) is 0.720. The van der Waals surface area contributed by atoms with Crippen LogP contribution >= 0.6 is 0 Å². The molecule has 0 saturated carbocycles. The van der Waals surface area contributed by atoms with Gasteiger partial charge < -0.3 is 15.5 Å². The molecule has 0 spiro atoms. The summed E-state index contributed by atoms with van der Waals surface area (Å²) in [4.78, 5) is 47.9. The lowest BCUT2D eigenvalue weighted by Crippen LogP contribution is -2.43. The third-order valence-electron chi connectivity index (χ3n) is 6.03. The number of benzene rings is 1. The number of aromatic amines is 1. The summed E-state index contributed by atoms with van der Waals surface area (Å²) in [6, 6.07) is 7.70. The summed E-state index contributed by atoms with van der Waals surface area (Å²) in [5.41, 5.74) is 1.41. The molecule has 2 atom stereocenters. The number of aromatic nitrogens is 2. The van der Waals surface area contributed by atoms with E-state index < -0.39 is 5.92 Å². The molecule has 3 heterocycles. The number of hydrogen-bond donors (Lipinski definition) is 3. The number of para-hydroxylation sites is 1. The summed E-state index contributed by atoms with van der Waals surface area (Å²) < 4.78 is 0. The number of carbonyl (C=O) groups is 2. The molecule has 158 valence electrons. The number of anilines is 3. The first-order valence-electron chi connectivity index (χ1n) is 10.5. The lowest BCUT2D eigenvalue weighted by Gasteiger charge is -2.36. The van der Waals surface area contributed by atoms with E-state index in [0.717, 1.165) is 37.8 Å². The molecule has 8 heteroatoms. The minimum absolute atomic E-state index is 0.0872. The average Bonchev–Trinajstić information content (AvgIpc) is 2.74. The zero-order valence-corrected chi connectivity index (χ0v) is 17.3. The van der Waals surface area contributed by atoms with E-state index in [-0.39, 0.29) is 35.2 Å². The van der Waals surface area contributed by atoms with Gasteiger partial charge in [-0.25, -0.2) is 0 Å². The number of rotatable bonds is 4. The first kappa shape index (κ1) is 20.1. The summed E-state index contributed by atoms with van der Waals surface area (Å²) in [6.45, 7) is 4.82. The second-order valence-electron chi connectivity index (χ2n) is 8.01. The van der Waals surface area contributed by atoms with Crippen molar-refractivity contribution in [2.75, 3.05) is 22.1 Å². The minimum atomic E-state index is -0.887. The highest BCUT2D eigenvalue weighted by Crippen LogP contribution is 2.32. The first-order chi connectivity index (χ1) is 14.5. The van der Waals surface area contributed by atoms with Gasteiger partial charge in [0.1, 0.15) is 5.82 Å². The van der Waals surface area contributed by atoms with Crippen LogP contribution < -0.4 is 21.1 Å². The van der Waals surface area contributed by atoms with Crippen molar-refractivity contribution in [3.63, 3.8) is 0 Å². The Kier molecular flexibility index (Phi) is 5.57. The monoisotopic (exact) mass is 409 g/mol. The lowest BCUT2D eigenvalue weighted by atomic mass is 9.92. The second kappa shape index (κ2) is 8.30. The molecule has 2 aliphatic rings. The number of amides is 2. The van der Waals surface area contributed by atoms with E-state index in [1.807, 2.05) is 25.1 Å². The van der Waals surface area contributed by atoms with Crippen molar-refractivity contribution in [3.8, 4) is 0 Å². The molecule has 2 aliphatic heterocycles. The predicted octanol–water partition coefficient (Wildman–Crippen LogP) is 2.91. The average molecular weight is 409 g/mol. The summed E-state index contributed by atoms with van der Waals surface area (Å²) in [5, 5.41) is 5.55. The Balaban J connectivity index is 1.67. The molecule has 1 fully saturated rings. The van der Waals surface area contributed by atoms with Crippen LogP contribution in [0.15, 0.2) is 29.1 Å². The van der Waals surface area contributed by atoms with Crippen molar-refractivity contribution < 1.29 is 9.59 Å². The molecule has 3 N–H and O–H groups in total. The van der Waals surface area contributed by atoms with Crippen molar-refractivity contribution >= 4 is 29.3 Å². The molecule has 2 amide bonds. The van der Waals surface area contributed by atoms with Crippen LogP contribution in [0, 0.1) is 6.92 Å². The van der Waals surface area contributed by atoms with Gasteiger partial charge in [-0.05, 0) is 44.2 Å². The highest BCUT2D eigenvalue weighted by Gasteiger charge is 2.36. The fourth-order valence-corrected chi connectivity index (χ4v) is 4.36. The van der Waals surface area contributed by atoms with Gasteiger partial charge in [0.2, 0.25) is 17.8 Å². The number of aryl methyl sites for hydroxylation is 1. The first-order valence-corrected chi connectivity index (χ1v) is 10.5. The van der Waals surface area contributed by atoms with Gasteiger partial charge in [0.05, 0.1) is 11.5 Å². The number of piperidine rings is 1. The topological polar surface area (TPSA) is 107 Å². The van der Waals surface area contributed by atoms with Crippen LogP contribution in [-0.4, -0.2) is 34.4 Å². The van der Waals surface area contributed by atoms with Gasteiger partial charge in [-0.15, -0.1) is 0 Å². The standard InChI is InChI=1S/C22H27N5O3/c1-3-14-9-6-7-11-27(14)22-25-19-18(21(30)26-22)15(12-17(28)24-19)20(29)23-16-10-5-4-8-13(16)2/h4-5,8,10,14-15H,3,6-7,9,11-12H2,1-2H3,(H,23,29)(H2,24,25,26,28,30). The van der Waals surface area contributed by atoms with Crippen LogP contribution in [0.4, 0.5) is 17.5 Å². The lowest BCUT2D eigenvalue weighted by molar-refractivity contribution is -0.123. The zero-order chi connectivity index (χ0) is 21.3. The van der Waals surface area contributed by atoms with E-state index in [9.17, 15) is 14.4 Å². The minimum Gasteiger partial charge on any atom is -0.339 e. The Morgan fingerprint density at radius 3 is 2.83 bits per heavy atom. The fourth-order valence-electron chi connectivity index (χ4n) is 4.36. The van der Waals surface area contributed by atoms with E-state index >= 15 is 0 Å². The van der Waals surface area contributed by atoms with Crippen molar-refractivity contribution in [2.24, 2.45) is 0 Å². The van der Waals surface area contributed by atoms with Crippen LogP contribution in [0.25, 0.3) is 0 Å². The van der Waals surface area contributed by atoms with E-state index in [0.29, 0.717) is 17.7 Å². The Hall–Kier alpha value is -3.16. The largest absolute Gasteiger partial charge is 0.339 e. The third kappa shape index (κ3) is 3.81. The van der Waals surface area contributed by atoms with Crippen LogP contribution in [-0.2, 0) is 9.59 Å². The number of carbonyl (C=O) groups excluding carboxylic acids is 2. The van der Waals surface area contributed by atoms with Crippen LogP contribution in [0.1, 0.15) is 56.1 Å². The van der Waals surface area contributed by atoms with Gasteiger partial charge in [0.25, 0.3) is 5.56 Å². The number of nitrogens with one attached hydrogen (secondary N) is 3. The molecule has 0 aliphatic carbocycles. The molecule has 2 unspecified atom stereocenters. The second-order valence-corrected chi connectivity index (χ2v) is 8.01. The number of nitrogens with zero attached hydrogens (tertiary/aromatic N) is 2. The van der Waals surface area contributed by atoms with Gasteiger partial charge in [0.15, 0.2) is 0 Å². The Morgan fingerprint density at radius 2 is 2.07 bits per heavy atom. The molecule has 30 heavy (non-hydrogen) atoms. The Labute approximate surface area is 175 Å². The van der Waals surface area contributed by atoms with Crippen molar-refractivity contribution in [3.05, 3.63) is 45.7 Å². The maximum absolute atomic E-state index is 13.0. The van der Waals surface area contributed by atoms with Crippen LogP contribution in [0.5, 0.6) is 0 Å². The molecule has 0 bridgehead atoms. The summed E-state index contributed by atoms with van der Waals surface area (Å²) in [5.74, 6) is -0.935. The van der Waals surface area contributed by atoms with E-state index in [1.165, 1.54) is 0 Å². The molecule has 2 aromatic rings. The van der Waals surface area contributed by atoms with Crippen molar-refractivity contribution in [1.82, 2.24) is 9.97 Å². The summed E-state index contributed by atoms with van der Waals surface area (Å²) >= 11 is 0. The number of hydrogen-bond acceptors (Lipinski definition) is 5. The van der Waals surface area contributed by atoms with Gasteiger partial charge in [0, 0.05) is 24.7 Å². The smallest absolute Gasteiger partial charge is 0.258 e. The Morgan fingerprint density at radius 1 is 1.27 bits per heavy atom.